The molecule has 0 unspecified atom stereocenters. The Balaban J connectivity index is 0.000000121. The van der Waals surface area contributed by atoms with Crippen molar-refractivity contribution < 1.29 is 0 Å². The van der Waals surface area contributed by atoms with E-state index in [4.69, 9.17) is 0 Å². The highest BCUT2D eigenvalue weighted by atomic mass is 14.7. The number of rotatable bonds is 0. The molecule has 0 radical (unpaired) electrons. The number of aromatic amines is 1. The van der Waals surface area contributed by atoms with Crippen LogP contribution >= 0.6 is 0 Å². The fourth-order valence-electron chi connectivity index (χ4n) is 4.71. The first-order valence-corrected chi connectivity index (χ1v) is 10.4. The van der Waals surface area contributed by atoms with Crippen molar-refractivity contribution >= 4 is 32.6 Å². The summed E-state index contributed by atoms with van der Waals surface area (Å²) in [6.45, 7) is 0. The SMILES string of the molecule is c1ccc2c(c1)Cc1c-2ccc2ccccc12.c1ccc2c(c1)[nH]c1ccccc12. The molecule has 1 aromatic heterocycles. The maximum atomic E-state index is 3.38. The number of para-hydroxylation sites is 2. The summed E-state index contributed by atoms with van der Waals surface area (Å²) in [7, 11) is 0. The van der Waals surface area contributed by atoms with E-state index in [1.165, 1.54) is 54.8 Å². The summed E-state index contributed by atoms with van der Waals surface area (Å²) in [6, 6.07) is 38.7. The van der Waals surface area contributed by atoms with Crippen molar-refractivity contribution in [2.24, 2.45) is 0 Å². The molecule has 1 nitrogen and oxygen atoms in total. The molecule has 1 heterocycles. The van der Waals surface area contributed by atoms with Crippen molar-refractivity contribution in [2.75, 3.05) is 0 Å². The lowest BCUT2D eigenvalue weighted by molar-refractivity contribution is 1.28. The Morgan fingerprint density at radius 1 is 0.467 bits per heavy atom. The molecule has 6 aromatic rings. The average Bonchev–Trinajstić information content (AvgIpc) is 3.38. The van der Waals surface area contributed by atoms with Crippen molar-refractivity contribution in [1.29, 1.82) is 0 Å². The molecular weight excluding hydrogens is 362 g/mol. The van der Waals surface area contributed by atoms with E-state index in [-0.39, 0.29) is 0 Å². The molecule has 0 bridgehead atoms. The van der Waals surface area contributed by atoms with Crippen LogP contribution in [0.15, 0.2) is 109 Å². The lowest BCUT2D eigenvalue weighted by Crippen LogP contribution is -1.83. The summed E-state index contributed by atoms with van der Waals surface area (Å²) in [5.41, 5.74) is 8.20. The summed E-state index contributed by atoms with van der Waals surface area (Å²) in [6.07, 6.45) is 1.08. The van der Waals surface area contributed by atoms with Gasteiger partial charge in [-0.1, -0.05) is 97.1 Å². The number of hydrogen-bond acceptors (Lipinski definition) is 0. The topological polar surface area (TPSA) is 15.8 Å². The number of H-pyrrole nitrogens is 1. The minimum atomic E-state index is 1.08. The molecule has 0 spiro atoms. The minimum Gasteiger partial charge on any atom is -0.355 e. The van der Waals surface area contributed by atoms with Gasteiger partial charge in [-0.05, 0) is 51.6 Å². The highest BCUT2D eigenvalue weighted by Gasteiger charge is 2.19. The Labute approximate surface area is 175 Å². The molecule has 142 valence electrons. The van der Waals surface area contributed by atoms with E-state index in [2.05, 4.69) is 114 Å². The van der Waals surface area contributed by atoms with Crippen molar-refractivity contribution in [3.8, 4) is 11.1 Å². The highest BCUT2D eigenvalue weighted by Crippen LogP contribution is 2.39. The number of benzene rings is 5. The first-order valence-electron chi connectivity index (χ1n) is 10.4. The van der Waals surface area contributed by atoms with E-state index < -0.39 is 0 Å². The predicted molar refractivity (Wildman–Crippen MR) is 128 cm³/mol. The third-order valence-corrected chi connectivity index (χ3v) is 6.13. The van der Waals surface area contributed by atoms with Gasteiger partial charge in [0.15, 0.2) is 0 Å². The maximum Gasteiger partial charge on any atom is 0.0464 e. The fourth-order valence-corrected chi connectivity index (χ4v) is 4.71. The summed E-state index contributed by atoms with van der Waals surface area (Å²) < 4.78 is 0. The first-order chi connectivity index (χ1) is 14.9. The molecule has 7 rings (SSSR count). The minimum absolute atomic E-state index is 1.08. The molecule has 5 aromatic carbocycles. The number of hydrogen-bond donors (Lipinski definition) is 1. The van der Waals surface area contributed by atoms with Gasteiger partial charge in [0.05, 0.1) is 0 Å². The average molecular weight is 383 g/mol. The van der Waals surface area contributed by atoms with Gasteiger partial charge in [0.1, 0.15) is 0 Å². The van der Waals surface area contributed by atoms with Crippen LogP contribution in [-0.4, -0.2) is 4.98 Å². The largest absolute Gasteiger partial charge is 0.355 e. The monoisotopic (exact) mass is 383 g/mol. The molecule has 0 saturated carbocycles. The van der Waals surface area contributed by atoms with Crippen LogP contribution in [0.1, 0.15) is 11.1 Å². The van der Waals surface area contributed by atoms with Crippen LogP contribution in [0.4, 0.5) is 0 Å². The predicted octanol–water partition coefficient (Wildman–Crippen LogP) is 7.73. The van der Waals surface area contributed by atoms with E-state index in [1.54, 1.807) is 0 Å². The van der Waals surface area contributed by atoms with E-state index in [1.807, 2.05) is 0 Å². The van der Waals surface area contributed by atoms with Gasteiger partial charge in [-0.3, -0.25) is 0 Å². The summed E-state index contributed by atoms with van der Waals surface area (Å²) in [5, 5.41) is 5.36. The van der Waals surface area contributed by atoms with Gasteiger partial charge in [-0.25, -0.2) is 0 Å². The second kappa shape index (κ2) is 6.89. The van der Waals surface area contributed by atoms with Gasteiger partial charge in [0, 0.05) is 21.8 Å². The molecule has 1 aliphatic rings. The molecule has 1 heteroatoms. The lowest BCUT2D eigenvalue weighted by atomic mass is 9.99. The Bertz CT molecular complexity index is 1470. The summed E-state index contributed by atoms with van der Waals surface area (Å²) in [5.74, 6) is 0. The molecule has 30 heavy (non-hydrogen) atoms. The quantitative estimate of drug-likeness (QED) is 0.276. The lowest BCUT2D eigenvalue weighted by Gasteiger charge is -2.05. The second-order valence-electron chi connectivity index (χ2n) is 7.86. The van der Waals surface area contributed by atoms with Crippen molar-refractivity contribution in [1.82, 2.24) is 4.98 Å². The van der Waals surface area contributed by atoms with Crippen LogP contribution in [0.5, 0.6) is 0 Å². The molecule has 0 fully saturated rings. The third-order valence-electron chi connectivity index (χ3n) is 6.13. The Hall–Kier alpha value is -3.84. The van der Waals surface area contributed by atoms with Crippen LogP contribution in [0.2, 0.25) is 0 Å². The van der Waals surface area contributed by atoms with Crippen molar-refractivity contribution in [3.05, 3.63) is 120 Å². The second-order valence-corrected chi connectivity index (χ2v) is 7.86. The molecular formula is C29H21N. The number of nitrogens with one attached hydrogen (secondary N) is 1. The number of aromatic nitrogens is 1. The van der Waals surface area contributed by atoms with E-state index in [0.29, 0.717) is 0 Å². The zero-order chi connectivity index (χ0) is 19.9. The molecule has 0 aliphatic heterocycles. The fraction of sp³-hybridized carbons (Fsp3) is 0.0345. The Kier molecular flexibility index (Phi) is 3.92. The third kappa shape index (κ3) is 2.71. The van der Waals surface area contributed by atoms with Crippen LogP contribution in [0.25, 0.3) is 43.7 Å². The zero-order valence-electron chi connectivity index (χ0n) is 16.6. The van der Waals surface area contributed by atoms with E-state index >= 15 is 0 Å². The van der Waals surface area contributed by atoms with Crippen LogP contribution in [0.3, 0.4) is 0 Å². The Morgan fingerprint density at radius 2 is 1.07 bits per heavy atom. The zero-order valence-corrected chi connectivity index (χ0v) is 16.6. The van der Waals surface area contributed by atoms with E-state index in [9.17, 15) is 0 Å². The van der Waals surface area contributed by atoms with Gasteiger partial charge < -0.3 is 4.98 Å². The molecule has 0 saturated heterocycles. The highest BCUT2D eigenvalue weighted by molar-refractivity contribution is 6.07. The summed E-state index contributed by atoms with van der Waals surface area (Å²) >= 11 is 0. The first kappa shape index (κ1) is 17.1. The van der Waals surface area contributed by atoms with Gasteiger partial charge in [0.25, 0.3) is 0 Å². The number of fused-ring (bicyclic) bond motifs is 8. The molecule has 1 N–H and O–H groups in total. The van der Waals surface area contributed by atoms with Crippen LogP contribution in [0, 0.1) is 0 Å². The van der Waals surface area contributed by atoms with Crippen molar-refractivity contribution in [2.45, 2.75) is 6.42 Å². The van der Waals surface area contributed by atoms with Crippen molar-refractivity contribution in [3.63, 3.8) is 0 Å². The Morgan fingerprint density at radius 3 is 1.83 bits per heavy atom. The van der Waals surface area contributed by atoms with Gasteiger partial charge in [-0.2, -0.15) is 0 Å². The standard InChI is InChI=1S/C17H12.C12H9N/c1-3-7-14-12(5-1)9-10-16-15-8-4-2-6-13(15)11-17(14)16;1-3-7-11-9(5-1)10-6-2-4-8-12(10)13-11/h1-10H,11H2;1-8,13H. The normalized spacial score (nSPS) is 11.9. The molecule has 0 atom stereocenters. The molecule has 0 amide bonds. The van der Waals surface area contributed by atoms with Gasteiger partial charge in [0.2, 0.25) is 0 Å². The molecule has 1 aliphatic carbocycles. The van der Waals surface area contributed by atoms with Crippen LogP contribution < -0.4 is 0 Å². The van der Waals surface area contributed by atoms with Gasteiger partial charge >= 0.3 is 0 Å². The maximum absolute atomic E-state index is 3.38. The smallest absolute Gasteiger partial charge is 0.0464 e. The van der Waals surface area contributed by atoms with E-state index in [0.717, 1.165) is 6.42 Å². The van der Waals surface area contributed by atoms with Crippen LogP contribution in [-0.2, 0) is 6.42 Å². The summed E-state index contributed by atoms with van der Waals surface area (Å²) in [4.78, 5) is 3.38. The van der Waals surface area contributed by atoms with Gasteiger partial charge in [-0.15, -0.1) is 0 Å².